The zero-order chi connectivity index (χ0) is 20.8. The molecule has 7 nitrogen and oxygen atoms in total. The zero-order valence-electron chi connectivity index (χ0n) is 16.5. The smallest absolute Gasteiger partial charge is 0.338 e. The van der Waals surface area contributed by atoms with Gasteiger partial charge in [-0.3, -0.25) is 4.79 Å². The van der Waals surface area contributed by atoms with Crippen LogP contribution in [0.3, 0.4) is 0 Å². The van der Waals surface area contributed by atoms with E-state index in [4.69, 9.17) is 4.74 Å². The summed E-state index contributed by atoms with van der Waals surface area (Å²) in [5, 5.41) is 5.95. The second-order valence-corrected chi connectivity index (χ2v) is 6.40. The van der Waals surface area contributed by atoms with Gasteiger partial charge in [-0.05, 0) is 63.2 Å². The highest BCUT2D eigenvalue weighted by Gasteiger charge is 2.13. The largest absolute Gasteiger partial charge is 0.462 e. The van der Waals surface area contributed by atoms with Crippen LogP contribution in [-0.2, 0) is 4.74 Å². The van der Waals surface area contributed by atoms with Crippen molar-refractivity contribution in [3.05, 3.63) is 77.1 Å². The highest BCUT2D eigenvalue weighted by atomic mass is 16.5. The van der Waals surface area contributed by atoms with Gasteiger partial charge in [0.05, 0.1) is 23.4 Å². The van der Waals surface area contributed by atoms with Crippen LogP contribution in [0.25, 0.3) is 0 Å². The number of aromatic nitrogens is 2. The van der Waals surface area contributed by atoms with Gasteiger partial charge in [-0.25, -0.2) is 14.8 Å². The van der Waals surface area contributed by atoms with Gasteiger partial charge in [-0.2, -0.15) is 0 Å². The number of benzene rings is 2. The van der Waals surface area contributed by atoms with Crippen molar-refractivity contribution in [3.8, 4) is 0 Å². The fraction of sp³-hybridized carbons (Fsp3) is 0.182. The molecule has 7 heteroatoms. The number of hydrogen-bond donors (Lipinski definition) is 2. The van der Waals surface area contributed by atoms with Crippen LogP contribution < -0.4 is 10.6 Å². The third kappa shape index (κ3) is 5.16. The molecule has 0 saturated carbocycles. The van der Waals surface area contributed by atoms with Gasteiger partial charge in [0.1, 0.15) is 0 Å². The highest BCUT2D eigenvalue weighted by molar-refractivity contribution is 6.08. The first-order valence-corrected chi connectivity index (χ1v) is 9.23. The molecule has 148 valence electrons. The number of amides is 1. The molecule has 3 aromatic rings. The van der Waals surface area contributed by atoms with E-state index >= 15 is 0 Å². The van der Waals surface area contributed by atoms with E-state index in [2.05, 4.69) is 20.6 Å². The molecule has 2 aromatic carbocycles. The molecule has 0 aliphatic rings. The Morgan fingerprint density at radius 2 is 1.62 bits per heavy atom. The number of carbonyl (C=O) groups is 2. The predicted molar refractivity (Wildman–Crippen MR) is 112 cm³/mol. The van der Waals surface area contributed by atoms with Gasteiger partial charge in [0, 0.05) is 17.1 Å². The molecule has 0 radical (unpaired) electrons. The van der Waals surface area contributed by atoms with Crippen molar-refractivity contribution in [2.24, 2.45) is 0 Å². The molecular weight excluding hydrogens is 368 g/mol. The fourth-order valence-corrected chi connectivity index (χ4v) is 2.79. The Morgan fingerprint density at radius 1 is 0.966 bits per heavy atom. The van der Waals surface area contributed by atoms with Crippen molar-refractivity contribution in [3.63, 3.8) is 0 Å². The Balaban J connectivity index is 1.77. The van der Waals surface area contributed by atoms with Crippen LogP contribution >= 0.6 is 0 Å². The molecule has 0 saturated heterocycles. The summed E-state index contributed by atoms with van der Waals surface area (Å²) in [4.78, 5) is 33.2. The zero-order valence-corrected chi connectivity index (χ0v) is 16.5. The van der Waals surface area contributed by atoms with Crippen molar-refractivity contribution in [1.29, 1.82) is 0 Å². The Labute approximate surface area is 169 Å². The number of para-hydroxylation sites is 1. The second kappa shape index (κ2) is 8.97. The van der Waals surface area contributed by atoms with Crippen LogP contribution in [0.4, 0.5) is 17.3 Å². The summed E-state index contributed by atoms with van der Waals surface area (Å²) in [7, 11) is 0. The first-order valence-electron chi connectivity index (χ1n) is 9.23. The number of esters is 1. The molecule has 0 fully saturated rings. The molecule has 0 aliphatic carbocycles. The summed E-state index contributed by atoms with van der Waals surface area (Å²) >= 11 is 0. The molecule has 0 spiro atoms. The van der Waals surface area contributed by atoms with Gasteiger partial charge in [0.25, 0.3) is 5.91 Å². The summed E-state index contributed by atoms with van der Waals surface area (Å²) in [5.41, 5.74) is 3.72. The van der Waals surface area contributed by atoms with Crippen LogP contribution in [0.5, 0.6) is 0 Å². The van der Waals surface area contributed by atoms with E-state index < -0.39 is 5.97 Å². The van der Waals surface area contributed by atoms with Gasteiger partial charge < -0.3 is 15.4 Å². The minimum atomic E-state index is -0.395. The Bertz CT molecular complexity index is 1010. The van der Waals surface area contributed by atoms with E-state index in [0.717, 1.165) is 11.4 Å². The van der Waals surface area contributed by atoms with Crippen LogP contribution in [0, 0.1) is 13.8 Å². The van der Waals surface area contributed by atoms with Crippen LogP contribution in [0.2, 0.25) is 0 Å². The van der Waals surface area contributed by atoms with Crippen molar-refractivity contribution in [1.82, 2.24) is 9.97 Å². The van der Waals surface area contributed by atoms with E-state index in [-0.39, 0.29) is 5.91 Å². The monoisotopic (exact) mass is 390 g/mol. The topological polar surface area (TPSA) is 93.2 Å². The number of ether oxygens (including phenoxy) is 1. The van der Waals surface area contributed by atoms with Crippen LogP contribution in [0.15, 0.2) is 54.6 Å². The molecule has 0 atom stereocenters. The molecular formula is C22H22N4O3. The van der Waals surface area contributed by atoms with Gasteiger partial charge in [0.2, 0.25) is 5.95 Å². The molecule has 3 rings (SSSR count). The van der Waals surface area contributed by atoms with Crippen molar-refractivity contribution in [2.75, 3.05) is 17.2 Å². The molecule has 2 N–H and O–H groups in total. The lowest BCUT2D eigenvalue weighted by molar-refractivity contribution is 0.0526. The lowest BCUT2D eigenvalue weighted by Gasteiger charge is -2.12. The van der Waals surface area contributed by atoms with Crippen LogP contribution in [0.1, 0.15) is 39.0 Å². The Hall–Kier alpha value is -3.74. The molecule has 1 amide bonds. The average Bonchev–Trinajstić information content (AvgIpc) is 2.68. The third-order valence-corrected chi connectivity index (χ3v) is 4.05. The van der Waals surface area contributed by atoms with E-state index in [1.165, 1.54) is 0 Å². The number of aryl methyl sites for hydroxylation is 2. The summed E-state index contributed by atoms with van der Waals surface area (Å²) in [6.07, 6.45) is 0. The van der Waals surface area contributed by atoms with Crippen molar-refractivity contribution in [2.45, 2.75) is 20.8 Å². The van der Waals surface area contributed by atoms with Gasteiger partial charge >= 0.3 is 5.97 Å². The fourth-order valence-electron chi connectivity index (χ4n) is 2.79. The second-order valence-electron chi connectivity index (χ2n) is 6.40. The number of anilines is 3. The van der Waals surface area contributed by atoms with Gasteiger partial charge in [-0.1, -0.05) is 12.1 Å². The maximum atomic E-state index is 12.8. The number of carbonyl (C=O) groups excluding carboxylic acids is 2. The number of nitrogens with one attached hydrogen (secondary N) is 2. The first kappa shape index (κ1) is 20.0. The maximum Gasteiger partial charge on any atom is 0.338 e. The number of hydrogen-bond acceptors (Lipinski definition) is 6. The molecule has 0 bridgehead atoms. The average molecular weight is 390 g/mol. The SMILES string of the molecule is CCOC(=O)c1ccc(NC(=O)c2ccccc2Nc2nc(C)cc(C)n2)cc1. The lowest BCUT2D eigenvalue weighted by atomic mass is 10.1. The summed E-state index contributed by atoms with van der Waals surface area (Å²) < 4.78 is 4.96. The van der Waals surface area contributed by atoms with E-state index in [1.807, 2.05) is 26.0 Å². The Kier molecular flexibility index (Phi) is 6.19. The minimum absolute atomic E-state index is 0.290. The lowest BCUT2D eigenvalue weighted by Crippen LogP contribution is -2.14. The predicted octanol–water partition coefficient (Wildman–Crippen LogP) is 4.27. The minimum Gasteiger partial charge on any atom is -0.462 e. The van der Waals surface area contributed by atoms with Gasteiger partial charge in [0.15, 0.2) is 0 Å². The molecule has 29 heavy (non-hydrogen) atoms. The molecule has 1 aromatic heterocycles. The summed E-state index contributed by atoms with van der Waals surface area (Å²) in [5.74, 6) is -0.253. The van der Waals surface area contributed by atoms with E-state index in [1.54, 1.807) is 49.4 Å². The Morgan fingerprint density at radius 3 is 2.28 bits per heavy atom. The molecule has 0 aliphatic heterocycles. The number of rotatable bonds is 6. The maximum absolute atomic E-state index is 12.8. The van der Waals surface area contributed by atoms with Gasteiger partial charge in [-0.15, -0.1) is 0 Å². The highest BCUT2D eigenvalue weighted by Crippen LogP contribution is 2.21. The molecule has 1 heterocycles. The third-order valence-electron chi connectivity index (χ3n) is 4.05. The standard InChI is InChI=1S/C22H22N4O3/c1-4-29-21(28)16-9-11-17(12-10-16)25-20(27)18-7-5-6-8-19(18)26-22-23-14(2)13-15(3)24-22/h5-13H,4H2,1-3H3,(H,25,27)(H,23,24,26). The number of nitrogens with zero attached hydrogens (tertiary/aromatic N) is 2. The van der Waals surface area contributed by atoms with Crippen molar-refractivity contribution < 1.29 is 14.3 Å². The summed E-state index contributed by atoms with van der Waals surface area (Å²) in [6.45, 7) is 5.84. The molecule has 0 unspecified atom stereocenters. The van der Waals surface area contributed by atoms with Crippen LogP contribution in [-0.4, -0.2) is 28.5 Å². The normalized spacial score (nSPS) is 10.3. The summed E-state index contributed by atoms with van der Waals surface area (Å²) in [6, 6.07) is 15.5. The van der Waals surface area contributed by atoms with E-state index in [9.17, 15) is 9.59 Å². The first-order chi connectivity index (χ1) is 14.0. The van der Waals surface area contributed by atoms with E-state index in [0.29, 0.717) is 35.1 Å². The van der Waals surface area contributed by atoms with Crippen molar-refractivity contribution >= 4 is 29.2 Å². The quantitative estimate of drug-likeness (QED) is 0.611.